The minimum atomic E-state index is -0.465. The molecule has 1 aromatic carbocycles. The van der Waals surface area contributed by atoms with Gasteiger partial charge in [-0.1, -0.05) is 5.16 Å². The van der Waals surface area contributed by atoms with E-state index in [2.05, 4.69) is 20.0 Å². The van der Waals surface area contributed by atoms with Crippen molar-refractivity contribution in [3.8, 4) is 0 Å². The largest absolute Gasteiger partial charge is 0.361 e. The van der Waals surface area contributed by atoms with Gasteiger partial charge in [0.15, 0.2) is 4.77 Å². The van der Waals surface area contributed by atoms with Crippen LogP contribution in [-0.2, 0) is 6.54 Å². The fourth-order valence-corrected chi connectivity index (χ4v) is 3.72. The Hall–Kier alpha value is -2.52. The summed E-state index contributed by atoms with van der Waals surface area (Å²) >= 11 is 5.07. The fraction of sp³-hybridized carbons (Fsp3) is 0.389. The minimum absolute atomic E-state index is 0.193. The SMILES string of the molecule is Cc1noc(C)c1CN1CCN(C(=O)c2cc(F)cc3[nH]c(=S)[nH]c23)CC1. The maximum absolute atomic E-state index is 13.9. The van der Waals surface area contributed by atoms with Crippen molar-refractivity contribution in [2.45, 2.75) is 20.4 Å². The number of carbonyl (C=O) groups is 1. The number of fused-ring (bicyclic) bond motifs is 1. The standard InChI is InChI=1S/C18H20FN5O2S/c1-10-14(11(2)26-22-10)9-23-3-5-24(6-4-23)17(25)13-7-12(19)8-15-16(13)21-18(27)20-15/h7-8H,3-6,9H2,1-2H3,(H2,20,21,27). The van der Waals surface area contributed by atoms with Gasteiger partial charge < -0.3 is 19.4 Å². The van der Waals surface area contributed by atoms with Crippen LogP contribution in [0.2, 0.25) is 0 Å². The number of H-pyrrole nitrogens is 2. The lowest BCUT2D eigenvalue weighted by Gasteiger charge is -2.34. The van der Waals surface area contributed by atoms with Gasteiger partial charge >= 0.3 is 0 Å². The van der Waals surface area contributed by atoms with Gasteiger partial charge in [0.05, 0.1) is 22.3 Å². The molecule has 1 saturated heterocycles. The van der Waals surface area contributed by atoms with E-state index in [1.54, 1.807) is 4.90 Å². The number of hydrogen-bond donors (Lipinski definition) is 2. The number of aryl methyl sites for hydroxylation is 2. The molecule has 0 aliphatic carbocycles. The Bertz CT molecular complexity index is 1040. The summed E-state index contributed by atoms with van der Waals surface area (Å²) in [6.07, 6.45) is 0. The predicted octanol–water partition coefficient (Wildman–Crippen LogP) is 2.93. The molecule has 0 radical (unpaired) electrons. The predicted molar refractivity (Wildman–Crippen MR) is 101 cm³/mol. The van der Waals surface area contributed by atoms with Crippen LogP contribution in [0.3, 0.4) is 0 Å². The highest BCUT2D eigenvalue weighted by molar-refractivity contribution is 7.71. The highest BCUT2D eigenvalue weighted by Gasteiger charge is 2.25. The second-order valence-corrected chi connectivity index (χ2v) is 7.23. The Labute approximate surface area is 160 Å². The van der Waals surface area contributed by atoms with Crippen LogP contribution in [0.5, 0.6) is 0 Å². The summed E-state index contributed by atoms with van der Waals surface area (Å²) in [6.45, 7) is 7.20. The van der Waals surface area contributed by atoms with Gasteiger partial charge in [-0.05, 0) is 38.2 Å². The minimum Gasteiger partial charge on any atom is -0.361 e. The molecule has 4 rings (SSSR count). The molecule has 2 aromatic heterocycles. The van der Waals surface area contributed by atoms with Crippen LogP contribution >= 0.6 is 12.2 Å². The Morgan fingerprint density at radius 2 is 2.00 bits per heavy atom. The second-order valence-electron chi connectivity index (χ2n) is 6.83. The molecule has 0 bridgehead atoms. The number of piperazine rings is 1. The number of aromatic nitrogens is 3. The number of halogens is 1. The number of hydrogen-bond acceptors (Lipinski definition) is 5. The van der Waals surface area contributed by atoms with Crippen molar-refractivity contribution in [1.82, 2.24) is 24.9 Å². The molecule has 0 unspecified atom stereocenters. The first-order valence-electron chi connectivity index (χ1n) is 8.77. The van der Waals surface area contributed by atoms with Crippen molar-refractivity contribution >= 4 is 29.2 Å². The van der Waals surface area contributed by atoms with Gasteiger partial charge in [0.1, 0.15) is 11.6 Å². The zero-order chi connectivity index (χ0) is 19.1. The van der Waals surface area contributed by atoms with E-state index < -0.39 is 5.82 Å². The Kier molecular flexibility index (Phi) is 4.56. The van der Waals surface area contributed by atoms with E-state index in [-0.39, 0.29) is 5.91 Å². The van der Waals surface area contributed by atoms with Crippen LogP contribution in [-0.4, -0.2) is 57.0 Å². The molecule has 0 atom stereocenters. The molecule has 0 saturated carbocycles. The van der Waals surface area contributed by atoms with Crippen LogP contribution < -0.4 is 0 Å². The summed E-state index contributed by atoms with van der Waals surface area (Å²) in [7, 11) is 0. The quantitative estimate of drug-likeness (QED) is 0.673. The van der Waals surface area contributed by atoms with E-state index in [4.69, 9.17) is 16.7 Å². The van der Waals surface area contributed by atoms with Gasteiger partial charge in [-0.2, -0.15) is 0 Å². The van der Waals surface area contributed by atoms with E-state index in [1.807, 2.05) is 13.8 Å². The normalized spacial score (nSPS) is 15.6. The topological polar surface area (TPSA) is 81.2 Å². The monoisotopic (exact) mass is 389 g/mol. The molecule has 1 aliphatic rings. The lowest BCUT2D eigenvalue weighted by molar-refractivity contribution is 0.0629. The number of aromatic amines is 2. The molecule has 3 heterocycles. The second kappa shape index (κ2) is 6.90. The first kappa shape index (κ1) is 17.9. The number of nitrogens with zero attached hydrogens (tertiary/aromatic N) is 3. The molecule has 1 amide bonds. The highest BCUT2D eigenvalue weighted by Crippen LogP contribution is 2.21. The molecule has 3 aromatic rings. The zero-order valence-corrected chi connectivity index (χ0v) is 16.0. The lowest BCUT2D eigenvalue weighted by atomic mass is 10.1. The van der Waals surface area contributed by atoms with E-state index in [0.29, 0.717) is 34.5 Å². The Morgan fingerprint density at radius 1 is 1.26 bits per heavy atom. The van der Waals surface area contributed by atoms with Gasteiger partial charge in [0, 0.05) is 38.3 Å². The number of rotatable bonds is 3. The maximum atomic E-state index is 13.9. The highest BCUT2D eigenvalue weighted by atomic mass is 32.1. The van der Waals surface area contributed by atoms with Crippen LogP contribution in [0.4, 0.5) is 4.39 Å². The Morgan fingerprint density at radius 3 is 2.67 bits per heavy atom. The van der Waals surface area contributed by atoms with Crippen molar-refractivity contribution in [3.63, 3.8) is 0 Å². The lowest BCUT2D eigenvalue weighted by Crippen LogP contribution is -2.48. The van der Waals surface area contributed by atoms with Crippen molar-refractivity contribution in [3.05, 3.63) is 45.3 Å². The molecule has 142 valence electrons. The third kappa shape index (κ3) is 3.40. The first-order valence-corrected chi connectivity index (χ1v) is 9.18. The molecule has 2 N–H and O–H groups in total. The van der Waals surface area contributed by atoms with E-state index >= 15 is 0 Å². The van der Waals surface area contributed by atoms with Crippen LogP contribution in [0, 0.1) is 24.4 Å². The molecule has 1 aliphatic heterocycles. The summed E-state index contributed by atoms with van der Waals surface area (Å²) in [5, 5.41) is 3.99. The molecule has 1 fully saturated rings. The molecular weight excluding hydrogens is 369 g/mol. The van der Waals surface area contributed by atoms with E-state index in [0.717, 1.165) is 36.7 Å². The van der Waals surface area contributed by atoms with Gasteiger partial charge in [0.25, 0.3) is 5.91 Å². The first-order chi connectivity index (χ1) is 12.9. The average molecular weight is 389 g/mol. The summed E-state index contributed by atoms with van der Waals surface area (Å²) < 4.78 is 19.5. The van der Waals surface area contributed by atoms with Gasteiger partial charge in [-0.3, -0.25) is 9.69 Å². The zero-order valence-electron chi connectivity index (χ0n) is 15.1. The number of amides is 1. The molecule has 7 nitrogen and oxygen atoms in total. The van der Waals surface area contributed by atoms with E-state index in [1.165, 1.54) is 12.1 Å². The van der Waals surface area contributed by atoms with Gasteiger partial charge in [-0.15, -0.1) is 0 Å². The third-order valence-electron chi connectivity index (χ3n) is 5.04. The average Bonchev–Trinajstić information content (AvgIpc) is 3.17. The number of carbonyl (C=O) groups excluding carboxylic acids is 1. The Balaban J connectivity index is 1.48. The van der Waals surface area contributed by atoms with Crippen LogP contribution in [0.25, 0.3) is 11.0 Å². The molecule has 9 heteroatoms. The number of imidazole rings is 1. The fourth-order valence-electron chi connectivity index (χ4n) is 3.51. The molecule has 0 spiro atoms. The van der Waals surface area contributed by atoms with Crippen molar-refractivity contribution in [1.29, 1.82) is 0 Å². The summed E-state index contributed by atoms with van der Waals surface area (Å²) in [6, 6.07) is 2.60. The maximum Gasteiger partial charge on any atom is 0.256 e. The van der Waals surface area contributed by atoms with Gasteiger partial charge in [-0.25, -0.2) is 4.39 Å². The van der Waals surface area contributed by atoms with E-state index in [9.17, 15) is 9.18 Å². The van der Waals surface area contributed by atoms with Crippen molar-refractivity contribution < 1.29 is 13.7 Å². The number of benzene rings is 1. The summed E-state index contributed by atoms with van der Waals surface area (Å²) in [4.78, 5) is 22.8. The van der Waals surface area contributed by atoms with Crippen LogP contribution in [0.1, 0.15) is 27.4 Å². The molecular formula is C18H20FN5O2S. The van der Waals surface area contributed by atoms with Crippen molar-refractivity contribution in [2.24, 2.45) is 0 Å². The number of nitrogens with one attached hydrogen (secondary N) is 2. The summed E-state index contributed by atoms with van der Waals surface area (Å²) in [5.74, 6) is 0.172. The summed E-state index contributed by atoms with van der Waals surface area (Å²) in [5.41, 5.74) is 3.35. The van der Waals surface area contributed by atoms with Crippen LogP contribution in [0.15, 0.2) is 16.7 Å². The van der Waals surface area contributed by atoms with Crippen molar-refractivity contribution in [2.75, 3.05) is 26.2 Å². The smallest absolute Gasteiger partial charge is 0.256 e. The molecule has 27 heavy (non-hydrogen) atoms. The third-order valence-corrected chi connectivity index (χ3v) is 5.25. The van der Waals surface area contributed by atoms with Gasteiger partial charge in [0.2, 0.25) is 0 Å².